The zero-order valence-electron chi connectivity index (χ0n) is 15.3. The summed E-state index contributed by atoms with van der Waals surface area (Å²) in [6.07, 6.45) is 1.38. The number of carboxylic acids is 1. The summed E-state index contributed by atoms with van der Waals surface area (Å²) in [5, 5.41) is 11.6. The Kier molecular flexibility index (Phi) is 8.31. The lowest BCUT2D eigenvalue weighted by atomic mass is 10.1. The second-order valence-corrected chi connectivity index (χ2v) is 7.80. The molecule has 0 fully saturated rings. The molecule has 0 saturated heterocycles. The number of carbonyl (C=O) groups excluding carboxylic acids is 1. The molecular weight excluding hydrogens is 541 g/mol. The Morgan fingerprint density at radius 3 is 2.46 bits per heavy atom. The number of hydrogen-bond donors (Lipinski definition) is 2. The van der Waals surface area contributed by atoms with Crippen LogP contribution >= 0.6 is 38.5 Å². The van der Waals surface area contributed by atoms with E-state index in [-0.39, 0.29) is 5.70 Å². The third kappa shape index (κ3) is 6.52. The first kappa shape index (κ1) is 22.2. The normalized spacial score (nSPS) is 11.1. The van der Waals surface area contributed by atoms with Gasteiger partial charge in [-0.05, 0) is 71.0 Å². The molecule has 0 unspecified atom stereocenters. The van der Waals surface area contributed by atoms with Crippen molar-refractivity contribution < 1.29 is 24.2 Å². The molecular formula is C20H19BrINO5. The number of halogens is 2. The Bertz CT molecular complexity index is 896. The van der Waals surface area contributed by atoms with Crippen LogP contribution in [0.3, 0.4) is 0 Å². The van der Waals surface area contributed by atoms with Gasteiger partial charge in [-0.1, -0.05) is 28.1 Å². The van der Waals surface area contributed by atoms with E-state index in [2.05, 4.69) is 43.8 Å². The number of carboxylic acid groups (broad SMARTS) is 1. The number of aliphatic carboxylic acids is 1. The quantitative estimate of drug-likeness (QED) is 0.365. The molecule has 2 aromatic carbocycles. The molecule has 8 heteroatoms. The smallest absolute Gasteiger partial charge is 0.352 e. The maximum Gasteiger partial charge on any atom is 0.352 e. The van der Waals surface area contributed by atoms with Gasteiger partial charge >= 0.3 is 5.97 Å². The minimum Gasteiger partial charge on any atom is -0.490 e. The molecule has 148 valence electrons. The molecule has 2 N–H and O–H groups in total. The maximum absolute atomic E-state index is 11.3. The molecule has 0 bridgehead atoms. The van der Waals surface area contributed by atoms with Crippen LogP contribution in [0, 0.1) is 3.57 Å². The standard InChI is InChI=1S/C20H19BrINO5/c1-3-27-18-10-14(9-17(20(25)26)23-12(2)24)8-16(22)19(18)28-11-13-4-6-15(21)7-5-13/h4-10H,3,11H2,1-2H3,(H,23,24)(H,25,26). The molecule has 0 aromatic heterocycles. The van der Waals surface area contributed by atoms with Crippen LogP contribution in [0.2, 0.25) is 0 Å². The molecule has 1 amide bonds. The van der Waals surface area contributed by atoms with E-state index in [0.717, 1.165) is 13.6 Å². The third-order valence-electron chi connectivity index (χ3n) is 3.48. The summed E-state index contributed by atoms with van der Waals surface area (Å²) in [5.41, 5.74) is 1.37. The molecule has 0 aliphatic carbocycles. The molecule has 0 radical (unpaired) electrons. The van der Waals surface area contributed by atoms with Crippen LogP contribution in [-0.4, -0.2) is 23.6 Å². The number of nitrogens with one attached hydrogen (secondary N) is 1. The molecule has 2 aromatic rings. The molecule has 0 saturated carbocycles. The summed E-state index contributed by atoms with van der Waals surface area (Å²) in [5.74, 6) is -0.592. The topological polar surface area (TPSA) is 84.9 Å². The van der Waals surface area contributed by atoms with Crippen LogP contribution in [0.4, 0.5) is 0 Å². The fourth-order valence-electron chi connectivity index (χ4n) is 2.32. The van der Waals surface area contributed by atoms with Gasteiger partial charge in [0.15, 0.2) is 11.5 Å². The number of benzene rings is 2. The van der Waals surface area contributed by atoms with Crippen LogP contribution in [0.25, 0.3) is 6.08 Å². The van der Waals surface area contributed by atoms with E-state index < -0.39 is 11.9 Å². The largest absolute Gasteiger partial charge is 0.490 e. The summed E-state index contributed by atoms with van der Waals surface area (Å²) >= 11 is 5.51. The molecule has 0 spiro atoms. The second kappa shape index (κ2) is 10.5. The average Bonchev–Trinajstić information content (AvgIpc) is 2.62. The van der Waals surface area contributed by atoms with Gasteiger partial charge in [0.2, 0.25) is 5.91 Å². The van der Waals surface area contributed by atoms with Gasteiger partial charge in [0.05, 0.1) is 10.2 Å². The van der Waals surface area contributed by atoms with Gasteiger partial charge in [-0.3, -0.25) is 4.79 Å². The van der Waals surface area contributed by atoms with E-state index in [1.807, 2.05) is 31.2 Å². The number of carbonyl (C=O) groups is 2. The lowest BCUT2D eigenvalue weighted by molar-refractivity contribution is -0.134. The predicted octanol–water partition coefficient (Wildman–Crippen LogP) is 4.59. The van der Waals surface area contributed by atoms with E-state index in [1.165, 1.54) is 13.0 Å². The van der Waals surface area contributed by atoms with Crippen molar-refractivity contribution in [3.8, 4) is 11.5 Å². The Labute approximate surface area is 185 Å². The number of hydrogen-bond acceptors (Lipinski definition) is 4. The van der Waals surface area contributed by atoms with Crippen LogP contribution in [0.1, 0.15) is 25.0 Å². The SMILES string of the molecule is CCOc1cc(C=C(NC(C)=O)C(=O)O)cc(I)c1OCc1ccc(Br)cc1. The molecule has 0 heterocycles. The average molecular weight is 560 g/mol. The van der Waals surface area contributed by atoms with E-state index in [9.17, 15) is 14.7 Å². The monoisotopic (exact) mass is 559 g/mol. The van der Waals surface area contributed by atoms with Crippen molar-refractivity contribution in [1.29, 1.82) is 0 Å². The highest BCUT2D eigenvalue weighted by atomic mass is 127. The Morgan fingerprint density at radius 1 is 1.21 bits per heavy atom. The van der Waals surface area contributed by atoms with E-state index in [4.69, 9.17) is 9.47 Å². The fraction of sp³-hybridized carbons (Fsp3) is 0.200. The van der Waals surface area contributed by atoms with Gasteiger partial charge in [-0.15, -0.1) is 0 Å². The van der Waals surface area contributed by atoms with Gasteiger partial charge in [0.1, 0.15) is 12.3 Å². The van der Waals surface area contributed by atoms with Crippen molar-refractivity contribution in [2.75, 3.05) is 6.61 Å². The minimum atomic E-state index is -1.22. The van der Waals surface area contributed by atoms with Gasteiger partial charge in [-0.25, -0.2) is 4.79 Å². The molecule has 2 rings (SSSR count). The number of ether oxygens (including phenoxy) is 2. The lowest BCUT2D eigenvalue weighted by Crippen LogP contribution is -2.24. The maximum atomic E-state index is 11.3. The highest BCUT2D eigenvalue weighted by molar-refractivity contribution is 14.1. The highest BCUT2D eigenvalue weighted by Crippen LogP contribution is 2.35. The van der Waals surface area contributed by atoms with E-state index in [0.29, 0.717) is 30.3 Å². The van der Waals surface area contributed by atoms with Crippen LogP contribution in [0.5, 0.6) is 11.5 Å². The Morgan fingerprint density at radius 2 is 1.89 bits per heavy atom. The van der Waals surface area contributed by atoms with Crippen LogP contribution < -0.4 is 14.8 Å². The molecule has 28 heavy (non-hydrogen) atoms. The van der Waals surface area contributed by atoms with Crippen molar-refractivity contribution in [3.05, 3.63) is 61.3 Å². The van der Waals surface area contributed by atoms with Crippen LogP contribution in [-0.2, 0) is 16.2 Å². The summed E-state index contributed by atoms with van der Waals surface area (Å²) in [6.45, 7) is 3.90. The molecule has 0 aliphatic rings. The van der Waals surface area contributed by atoms with Gasteiger partial charge in [-0.2, -0.15) is 0 Å². The molecule has 6 nitrogen and oxygen atoms in total. The minimum absolute atomic E-state index is 0.214. The van der Waals surface area contributed by atoms with Crippen molar-refractivity contribution in [1.82, 2.24) is 5.32 Å². The second-order valence-electron chi connectivity index (χ2n) is 5.72. The Hall–Kier alpha value is -2.07. The zero-order valence-corrected chi connectivity index (χ0v) is 19.0. The van der Waals surface area contributed by atoms with Gasteiger partial charge in [0, 0.05) is 11.4 Å². The molecule has 0 aliphatic heterocycles. The summed E-state index contributed by atoms with van der Waals surface area (Å²) in [7, 11) is 0. The molecule has 0 atom stereocenters. The zero-order chi connectivity index (χ0) is 20.7. The Balaban J connectivity index is 2.33. The first-order valence-electron chi connectivity index (χ1n) is 8.36. The predicted molar refractivity (Wildman–Crippen MR) is 118 cm³/mol. The van der Waals surface area contributed by atoms with Crippen molar-refractivity contribution >= 4 is 56.5 Å². The van der Waals surface area contributed by atoms with Crippen LogP contribution in [0.15, 0.2) is 46.6 Å². The summed E-state index contributed by atoms with van der Waals surface area (Å²) < 4.78 is 13.4. The highest BCUT2D eigenvalue weighted by Gasteiger charge is 2.14. The lowest BCUT2D eigenvalue weighted by Gasteiger charge is -2.15. The third-order valence-corrected chi connectivity index (χ3v) is 4.81. The summed E-state index contributed by atoms with van der Waals surface area (Å²) in [6, 6.07) is 11.3. The van der Waals surface area contributed by atoms with Gasteiger partial charge in [0.25, 0.3) is 0 Å². The van der Waals surface area contributed by atoms with E-state index in [1.54, 1.807) is 12.1 Å². The first-order chi connectivity index (χ1) is 13.3. The fourth-order valence-corrected chi connectivity index (χ4v) is 3.36. The van der Waals surface area contributed by atoms with Crippen molar-refractivity contribution in [3.63, 3.8) is 0 Å². The first-order valence-corrected chi connectivity index (χ1v) is 10.2. The van der Waals surface area contributed by atoms with E-state index >= 15 is 0 Å². The van der Waals surface area contributed by atoms with Crippen molar-refractivity contribution in [2.45, 2.75) is 20.5 Å². The number of rotatable bonds is 8. The van der Waals surface area contributed by atoms with Gasteiger partial charge < -0.3 is 19.9 Å². The number of amides is 1. The van der Waals surface area contributed by atoms with Crippen molar-refractivity contribution in [2.24, 2.45) is 0 Å². The summed E-state index contributed by atoms with van der Waals surface area (Å²) in [4.78, 5) is 22.6.